The van der Waals surface area contributed by atoms with Gasteiger partial charge in [0.15, 0.2) is 5.96 Å². The first-order valence-electron chi connectivity index (χ1n) is 8.22. The van der Waals surface area contributed by atoms with Gasteiger partial charge in [0.2, 0.25) is 0 Å². The molecule has 3 N–H and O–H groups in total. The van der Waals surface area contributed by atoms with E-state index in [2.05, 4.69) is 15.6 Å². The Kier molecular flexibility index (Phi) is 6.10. The van der Waals surface area contributed by atoms with Crippen LogP contribution in [-0.4, -0.2) is 37.3 Å². The summed E-state index contributed by atoms with van der Waals surface area (Å²) in [5, 5.41) is 15.0. The van der Waals surface area contributed by atoms with E-state index in [0.717, 1.165) is 25.3 Å². The molecule has 7 heteroatoms. The molecular weight excluding hydrogens is 319 g/mol. The molecule has 0 aliphatic heterocycles. The molecule has 0 saturated heterocycles. The van der Waals surface area contributed by atoms with Crippen LogP contribution in [0.1, 0.15) is 37.3 Å². The van der Waals surface area contributed by atoms with Gasteiger partial charge in [0.05, 0.1) is 18.7 Å². The topological polar surface area (TPSA) is 56.7 Å². The van der Waals surface area contributed by atoms with Crippen molar-refractivity contribution in [2.45, 2.75) is 37.8 Å². The number of benzene rings is 1. The van der Waals surface area contributed by atoms with Crippen LogP contribution in [-0.2, 0) is 11.6 Å². The zero-order valence-corrected chi connectivity index (χ0v) is 13.8. The quantitative estimate of drug-likeness (QED) is 0.550. The number of halogens is 3. The molecule has 1 fully saturated rings. The molecule has 0 aromatic heterocycles. The lowest BCUT2D eigenvalue weighted by molar-refractivity contribution is -0.137. The summed E-state index contributed by atoms with van der Waals surface area (Å²) in [4.78, 5) is 4.52. The average molecular weight is 343 g/mol. The minimum atomic E-state index is -4.33. The average Bonchev–Trinajstić information content (AvgIpc) is 2.51. The lowest BCUT2D eigenvalue weighted by Gasteiger charge is -2.41. The number of aliphatic imine (C=N–C) groups is 1. The molecule has 0 radical (unpaired) electrons. The monoisotopic (exact) mass is 343 g/mol. The molecular formula is C17H24F3N3O. The molecule has 0 atom stereocenters. The first-order chi connectivity index (χ1) is 11.4. The molecule has 1 aliphatic rings. The number of aliphatic hydroxyl groups excluding tert-OH is 1. The van der Waals surface area contributed by atoms with Crippen LogP contribution >= 0.6 is 0 Å². The van der Waals surface area contributed by atoms with Crippen LogP contribution in [0.4, 0.5) is 13.2 Å². The highest BCUT2D eigenvalue weighted by molar-refractivity contribution is 5.79. The zero-order chi connectivity index (χ0) is 17.6. The van der Waals surface area contributed by atoms with Gasteiger partial charge in [-0.1, -0.05) is 24.6 Å². The molecule has 24 heavy (non-hydrogen) atoms. The third-order valence-electron chi connectivity index (χ3n) is 4.40. The second kappa shape index (κ2) is 7.88. The van der Waals surface area contributed by atoms with Crippen molar-refractivity contribution in [3.63, 3.8) is 0 Å². The maximum Gasteiger partial charge on any atom is 0.416 e. The van der Waals surface area contributed by atoms with Gasteiger partial charge in [-0.3, -0.25) is 4.99 Å². The molecule has 134 valence electrons. The summed E-state index contributed by atoms with van der Waals surface area (Å²) in [7, 11) is 0. The Morgan fingerprint density at radius 3 is 2.58 bits per heavy atom. The van der Waals surface area contributed by atoms with Crippen LogP contribution in [0.2, 0.25) is 0 Å². The molecule has 1 aromatic carbocycles. The molecule has 4 nitrogen and oxygen atoms in total. The van der Waals surface area contributed by atoms with E-state index in [1.165, 1.54) is 12.1 Å². The second-order valence-electron chi connectivity index (χ2n) is 6.06. The van der Waals surface area contributed by atoms with Crippen LogP contribution in [0.5, 0.6) is 0 Å². The minimum Gasteiger partial charge on any atom is -0.395 e. The summed E-state index contributed by atoms with van der Waals surface area (Å²) in [6.45, 7) is 3.40. The molecule has 0 heterocycles. The van der Waals surface area contributed by atoms with Gasteiger partial charge in [0.25, 0.3) is 0 Å². The maximum atomic E-state index is 13.0. The smallest absolute Gasteiger partial charge is 0.395 e. The number of nitrogens with one attached hydrogen (secondary N) is 2. The fraction of sp³-hybridized carbons (Fsp3) is 0.588. The highest BCUT2D eigenvalue weighted by Crippen LogP contribution is 2.45. The number of hydrogen-bond donors (Lipinski definition) is 3. The minimum absolute atomic E-state index is 0.0107. The SMILES string of the molecule is CCNC(=NCC1(c2cccc(C(F)(F)F)c2)CCC1)NCCO. The fourth-order valence-corrected chi connectivity index (χ4v) is 2.91. The van der Waals surface area contributed by atoms with E-state index in [0.29, 0.717) is 31.2 Å². The molecule has 0 amide bonds. The number of hydrogen-bond acceptors (Lipinski definition) is 2. The summed E-state index contributed by atoms with van der Waals surface area (Å²) >= 11 is 0. The Bertz CT molecular complexity index is 568. The summed E-state index contributed by atoms with van der Waals surface area (Å²) in [6.07, 6.45) is -1.68. The normalized spacial score (nSPS) is 17.3. The number of aliphatic hydroxyl groups is 1. The first-order valence-corrected chi connectivity index (χ1v) is 8.22. The summed E-state index contributed by atoms with van der Waals surface area (Å²) in [6, 6.07) is 5.59. The van der Waals surface area contributed by atoms with E-state index < -0.39 is 11.7 Å². The van der Waals surface area contributed by atoms with Crippen molar-refractivity contribution in [2.75, 3.05) is 26.2 Å². The third-order valence-corrected chi connectivity index (χ3v) is 4.40. The Morgan fingerprint density at radius 2 is 2.04 bits per heavy atom. The van der Waals surface area contributed by atoms with E-state index in [-0.39, 0.29) is 12.0 Å². The lowest BCUT2D eigenvalue weighted by Crippen LogP contribution is -2.42. The van der Waals surface area contributed by atoms with Crippen molar-refractivity contribution in [2.24, 2.45) is 4.99 Å². The number of rotatable bonds is 6. The zero-order valence-electron chi connectivity index (χ0n) is 13.8. The van der Waals surface area contributed by atoms with Gasteiger partial charge in [0, 0.05) is 18.5 Å². The lowest BCUT2D eigenvalue weighted by atomic mass is 9.64. The molecule has 1 aromatic rings. The van der Waals surface area contributed by atoms with Gasteiger partial charge < -0.3 is 15.7 Å². The van der Waals surface area contributed by atoms with Gasteiger partial charge in [-0.25, -0.2) is 0 Å². The van der Waals surface area contributed by atoms with Gasteiger partial charge in [-0.2, -0.15) is 13.2 Å². The van der Waals surface area contributed by atoms with Gasteiger partial charge in [-0.05, 0) is 31.4 Å². The first kappa shape index (κ1) is 18.6. The molecule has 0 unspecified atom stereocenters. The Hall–Kier alpha value is -1.76. The second-order valence-corrected chi connectivity index (χ2v) is 6.06. The van der Waals surface area contributed by atoms with E-state index in [4.69, 9.17) is 5.11 Å². The van der Waals surface area contributed by atoms with Crippen LogP contribution in [0.15, 0.2) is 29.3 Å². The summed E-state index contributed by atoms with van der Waals surface area (Å²) in [5.41, 5.74) is -0.242. The summed E-state index contributed by atoms with van der Waals surface area (Å²) in [5.74, 6) is 0.574. The summed E-state index contributed by atoms with van der Waals surface area (Å²) < 4.78 is 38.9. The van der Waals surface area contributed by atoms with Crippen LogP contribution in [0.3, 0.4) is 0 Å². The van der Waals surface area contributed by atoms with E-state index >= 15 is 0 Å². The number of alkyl halides is 3. The number of guanidine groups is 1. The Morgan fingerprint density at radius 1 is 1.29 bits per heavy atom. The third kappa shape index (κ3) is 4.41. The van der Waals surface area contributed by atoms with Gasteiger partial charge in [0.1, 0.15) is 0 Å². The standard InChI is InChI=1S/C17H24F3N3O/c1-2-21-15(22-9-10-24)23-12-16(7-4-8-16)13-5-3-6-14(11-13)17(18,19)20/h3,5-6,11,24H,2,4,7-10,12H2,1H3,(H2,21,22,23). The molecule has 2 rings (SSSR count). The fourth-order valence-electron chi connectivity index (χ4n) is 2.91. The largest absolute Gasteiger partial charge is 0.416 e. The van der Waals surface area contributed by atoms with Crippen molar-refractivity contribution in [3.8, 4) is 0 Å². The van der Waals surface area contributed by atoms with Crippen molar-refractivity contribution in [1.29, 1.82) is 0 Å². The van der Waals surface area contributed by atoms with E-state index in [9.17, 15) is 13.2 Å². The Balaban J connectivity index is 2.19. The molecule has 1 saturated carbocycles. The Labute approximate surface area is 140 Å². The molecule has 0 bridgehead atoms. The van der Waals surface area contributed by atoms with Crippen molar-refractivity contribution in [3.05, 3.63) is 35.4 Å². The molecule has 0 spiro atoms. The van der Waals surface area contributed by atoms with Crippen molar-refractivity contribution in [1.82, 2.24) is 10.6 Å². The van der Waals surface area contributed by atoms with Gasteiger partial charge >= 0.3 is 6.18 Å². The van der Waals surface area contributed by atoms with Gasteiger partial charge in [-0.15, -0.1) is 0 Å². The predicted molar refractivity (Wildman–Crippen MR) is 88.0 cm³/mol. The van der Waals surface area contributed by atoms with Crippen LogP contribution in [0.25, 0.3) is 0 Å². The van der Waals surface area contributed by atoms with Crippen LogP contribution in [0, 0.1) is 0 Å². The predicted octanol–water partition coefficient (Wildman–Crippen LogP) is 2.67. The molecule has 1 aliphatic carbocycles. The van der Waals surface area contributed by atoms with Crippen LogP contribution < -0.4 is 10.6 Å². The van der Waals surface area contributed by atoms with E-state index in [1.807, 2.05) is 6.92 Å². The van der Waals surface area contributed by atoms with Crippen molar-refractivity contribution < 1.29 is 18.3 Å². The van der Waals surface area contributed by atoms with Crippen molar-refractivity contribution >= 4 is 5.96 Å². The highest BCUT2D eigenvalue weighted by Gasteiger charge is 2.40. The number of nitrogens with zero attached hydrogens (tertiary/aromatic N) is 1. The highest BCUT2D eigenvalue weighted by atomic mass is 19.4. The maximum absolute atomic E-state index is 13.0. The van der Waals surface area contributed by atoms with E-state index in [1.54, 1.807) is 6.07 Å².